The van der Waals surface area contributed by atoms with E-state index in [0.29, 0.717) is 12.2 Å². The van der Waals surface area contributed by atoms with Crippen LogP contribution in [0.3, 0.4) is 0 Å². The van der Waals surface area contributed by atoms with Gasteiger partial charge in [0.25, 0.3) is 10.0 Å². The number of hydrogen-bond acceptors (Lipinski definition) is 5. The molecule has 0 amide bonds. The van der Waals surface area contributed by atoms with Crippen LogP contribution in [0.5, 0.6) is 0 Å². The molecule has 0 atom stereocenters. The summed E-state index contributed by atoms with van der Waals surface area (Å²) < 4.78 is 26.3. The molecular formula is C14H14N4O2S. The molecule has 0 unspecified atom stereocenters. The van der Waals surface area contributed by atoms with E-state index in [9.17, 15) is 8.42 Å². The van der Waals surface area contributed by atoms with Gasteiger partial charge in [0.2, 0.25) is 0 Å². The van der Waals surface area contributed by atoms with Crippen LogP contribution in [0.15, 0.2) is 52.5 Å². The Kier molecular flexibility index (Phi) is 3.44. The smallest absolute Gasteiger partial charge is 0.267 e. The number of benzene rings is 1. The molecule has 1 aromatic carbocycles. The van der Waals surface area contributed by atoms with E-state index >= 15 is 0 Å². The highest BCUT2D eigenvalue weighted by Gasteiger charge is 2.28. The minimum absolute atomic E-state index is 0.204. The van der Waals surface area contributed by atoms with Crippen LogP contribution >= 0.6 is 0 Å². The fraction of sp³-hybridized carbons (Fsp3) is 0.143. The third-order valence-corrected chi connectivity index (χ3v) is 4.95. The van der Waals surface area contributed by atoms with Crippen molar-refractivity contribution < 1.29 is 8.42 Å². The van der Waals surface area contributed by atoms with E-state index in [1.807, 2.05) is 0 Å². The molecule has 2 aromatic rings. The van der Waals surface area contributed by atoms with Crippen LogP contribution in [0.4, 0.5) is 5.69 Å². The largest absolute Gasteiger partial charge is 0.325 e. The lowest BCUT2D eigenvalue weighted by molar-refractivity contribution is 0.521. The summed E-state index contributed by atoms with van der Waals surface area (Å²) in [5.41, 5.74) is 7.55. The Morgan fingerprint density at radius 2 is 2.00 bits per heavy atom. The van der Waals surface area contributed by atoms with Crippen molar-refractivity contribution in [2.24, 2.45) is 10.7 Å². The fourth-order valence-electron chi connectivity index (χ4n) is 2.14. The van der Waals surface area contributed by atoms with Gasteiger partial charge < -0.3 is 5.73 Å². The minimum Gasteiger partial charge on any atom is -0.325 e. The Labute approximate surface area is 123 Å². The Balaban J connectivity index is 1.94. The number of nitrogens with zero attached hydrogens (tertiary/aromatic N) is 3. The van der Waals surface area contributed by atoms with Gasteiger partial charge in [0.05, 0.1) is 17.9 Å². The zero-order chi connectivity index (χ0) is 14.9. The molecule has 0 saturated heterocycles. The molecule has 0 bridgehead atoms. The molecular weight excluding hydrogens is 288 g/mol. The summed E-state index contributed by atoms with van der Waals surface area (Å²) in [5, 5.41) is 0. The first-order valence-corrected chi connectivity index (χ1v) is 7.84. The topological polar surface area (TPSA) is 88.6 Å². The highest BCUT2D eigenvalue weighted by molar-refractivity contribution is 7.89. The summed E-state index contributed by atoms with van der Waals surface area (Å²) in [4.78, 5) is 8.51. The third-order valence-electron chi connectivity index (χ3n) is 3.21. The molecule has 1 aliphatic rings. The summed E-state index contributed by atoms with van der Waals surface area (Å²) in [6.07, 6.45) is 2.97. The standard InChI is InChI=1S/C14H14N4O2S/c15-8-12-7-11(5-6-16-12)9-18-10-17-13-3-1-2-4-14(13)21(18,19)20/h1-7,10H,8-9,15H2. The number of hydrogen-bond donors (Lipinski definition) is 1. The maximum atomic E-state index is 12.6. The highest BCUT2D eigenvalue weighted by Crippen LogP contribution is 2.30. The van der Waals surface area contributed by atoms with Crippen molar-refractivity contribution in [2.45, 2.75) is 18.0 Å². The molecule has 0 aliphatic carbocycles. The van der Waals surface area contributed by atoms with Gasteiger partial charge in [-0.25, -0.2) is 13.4 Å². The second-order valence-electron chi connectivity index (χ2n) is 4.62. The molecule has 21 heavy (non-hydrogen) atoms. The average molecular weight is 302 g/mol. The Morgan fingerprint density at radius 3 is 2.81 bits per heavy atom. The average Bonchev–Trinajstić information content (AvgIpc) is 2.51. The maximum absolute atomic E-state index is 12.6. The number of sulfonamides is 1. The molecule has 3 rings (SSSR count). The normalized spacial score (nSPS) is 15.8. The quantitative estimate of drug-likeness (QED) is 0.928. The lowest BCUT2D eigenvalue weighted by Crippen LogP contribution is -2.31. The summed E-state index contributed by atoms with van der Waals surface area (Å²) >= 11 is 0. The number of rotatable bonds is 3. The van der Waals surface area contributed by atoms with E-state index in [2.05, 4.69) is 9.98 Å². The van der Waals surface area contributed by atoms with Gasteiger partial charge in [-0.15, -0.1) is 0 Å². The summed E-state index contributed by atoms with van der Waals surface area (Å²) in [5.74, 6) is 0. The first-order valence-electron chi connectivity index (χ1n) is 6.40. The number of pyridine rings is 1. The van der Waals surface area contributed by atoms with E-state index in [0.717, 1.165) is 11.3 Å². The summed E-state index contributed by atoms with van der Waals surface area (Å²) in [6.45, 7) is 0.521. The van der Waals surface area contributed by atoms with Crippen LogP contribution in [0.2, 0.25) is 0 Å². The van der Waals surface area contributed by atoms with Crippen molar-refractivity contribution in [1.82, 2.24) is 9.29 Å². The van der Waals surface area contributed by atoms with E-state index in [-0.39, 0.29) is 11.4 Å². The summed E-state index contributed by atoms with van der Waals surface area (Å²) in [6, 6.07) is 10.3. The van der Waals surface area contributed by atoms with Crippen LogP contribution in [0.1, 0.15) is 11.3 Å². The van der Waals surface area contributed by atoms with E-state index in [1.54, 1.807) is 42.6 Å². The number of aliphatic imine (C=N–C) groups is 1. The van der Waals surface area contributed by atoms with Crippen molar-refractivity contribution in [1.29, 1.82) is 0 Å². The molecule has 0 fully saturated rings. The molecule has 0 spiro atoms. The molecule has 1 aromatic heterocycles. The Morgan fingerprint density at radius 1 is 1.19 bits per heavy atom. The van der Waals surface area contributed by atoms with Gasteiger partial charge in [-0.3, -0.25) is 9.29 Å². The zero-order valence-corrected chi connectivity index (χ0v) is 12.0. The molecule has 6 nitrogen and oxygen atoms in total. The maximum Gasteiger partial charge on any atom is 0.267 e. The monoisotopic (exact) mass is 302 g/mol. The van der Waals surface area contributed by atoms with Crippen molar-refractivity contribution >= 4 is 22.0 Å². The Bertz CT molecular complexity index is 802. The molecule has 2 N–H and O–H groups in total. The SMILES string of the molecule is NCc1cc(CN2C=Nc3ccccc3S2(=O)=O)ccn1. The molecule has 108 valence electrons. The van der Waals surface area contributed by atoms with E-state index in [1.165, 1.54) is 10.6 Å². The van der Waals surface area contributed by atoms with Crippen LogP contribution in [0.25, 0.3) is 0 Å². The first kappa shape index (κ1) is 13.7. The predicted octanol–water partition coefficient (Wildman–Crippen LogP) is 1.40. The van der Waals surface area contributed by atoms with Crippen LogP contribution in [0, 0.1) is 0 Å². The van der Waals surface area contributed by atoms with Gasteiger partial charge in [-0.1, -0.05) is 12.1 Å². The van der Waals surface area contributed by atoms with Gasteiger partial charge in [0.15, 0.2) is 0 Å². The molecule has 0 radical (unpaired) electrons. The van der Waals surface area contributed by atoms with Crippen LogP contribution in [-0.4, -0.2) is 24.0 Å². The van der Waals surface area contributed by atoms with Crippen LogP contribution in [-0.2, 0) is 23.1 Å². The van der Waals surface area contributed by atoms with Crippen molar-refractivity contribution in [3.05, 3.63) is 53.9 Å². The van der Waals surface area contributed by atoms with Crippen molar-refractivity contribution in [3.63, 3.8) is 0 Å². The molecule has 0 saturated carbocycles. The molecule has 1 aliphatic heterocycles. The van der Waals surface area contributed by atoms with Crippen molar-refractivity contribution in [2.75, 3.05) is 0 Å². The van der Waals surface area contributed by atoms with Gasteiger partial charge >= 0.3 is 0 Å². The van der Waals surface area contributed by atoms with E-state index < -0.39 is 10.0 Å². The highest BCUT2D eigenvalue weighted by atomic mass is 32.2. The first-order chi connectivity index (χ1) is 10.1. The van der Waals surface area contributed by atoms with Gasteiger partial charge in [-0.05, 0) is 29.8 Å². The lowest BCUT2D eigenvalue weighted by atomic mass is 10.2. The zero-order valence-electron chi connectivity index (χ0n) is 11.2. The third kappa shape index (κ3) is 2.53. The van der Waals surface area contributed by atoms with Crippen molar-refractivity contribution in [3.8, 4) is 0 Å². The lowest BCUT2D eigenvalue weighted by Gasteiger charge is -2.24. The number of nitrogens with two attached hydrogens (primary N) is 1. The van der Waals surface area contributed by atoms with Gasteiger partial charge in [-0.2, -0.15) is 0 Å². The minimum atomic E-state index is -3.57. The number of para-hydroxylation sites is 1. The van der Waals surface area contributed by atoms with Gasteiger partial charge in [0, 0.05) is 12.7 Å². The van der Waals surface area contributed by atoms with Gasteiger partial charge in [0.1, 0.15) is 11.2 Å². The molecule has 7 heteroatoms. The number of fused-ring (bicyclic) bond motifs is 1. The van der Waals surface area contributed by atoms with Crippen LogP contribution < -0.4 is 5.73 Å². The summed E-state index contributed by atoms with van der Waals surface area (Å²) in [7, 11) is -3.57. The van der Waals surface area contributed by atoms with E-state index in [4.69, 9.17) is 5.73 Å². The second kappa shape index (κ2) is 5.27. The number of aromatic nitrogens is 1. The second-order valence-corrected chi connectivity index (χ2v) is 6.48. The fourth-order valence-corrected chi connectivity index (χ4v) is 3.52. The Hall–Kier alpha value is -2.25. The molecule has 2 heterocycles. The predicted molar refractivity (Wildman–Crippen MR) is 79.5 cm³/mol.